The number of nitrogens with zero attached hydrogens (tertiary/aromatic N) is 1. The predicted octanol–water partition coefficient (Wildman–Crippen LogP) is 3.48. The molecule has 0 aliphatic carbocycles. The lowest BCUT2D eigenvalue weighted by atomic mass is 10.0. The first-order chi connectivity index (χ1) is 9.13. The van der Waals surface area contributed by atoms with Crippen LogP contribution < -0.4 is 5.73 Å². The van der Waals surface area contributed by atoms with Crippen molar-refractivity contribution in [3.05, 3.63) is 35.6 Å². The molecular formula is C16H25FN2. The van der Waals surface area contributed by atoms with E-state index in [4.69, 9.17) is 5.73 Å². The lowest BCUT2D eigenvalue weighted by Crippen LogP contribution is -2.36. The Morgan fingerprint density at radius 2 is 2.11 bits per heavy atom. The van der Waals surface area contributed by atoms with Crippen LogP contribution in [-0.4, -0.2) is 23.5 Å². The molecule has 1 fully saturated rings. The van der Waals surface area contributed by atoms with E-state index in [-0.39, 0.29) is 11.9 Å². The minimum atomic E-state index is -0.202. The maximum atomic E-state index is 13.7. The molecule has 0 amide bonds. The average molecular weight is 264 g/mol. The summed E-state index contributed by atoms with van der Waals surface area (Å²) in [6.07, 6.45) is 4.57. The van der Waals surface area contributed by atoms with Crippen molar-refractivity contribution in [3.63, 3.8) is 0 Å². The molecule has 3 unspecified atom stereocenters. The van der Waals surface area contributed by atoms with Gasteiger partial charge < -0.3 is 5.73 Å². The Balaban J connectivity index is 1.93. The Kier molecular flexibility index (Phi) is 4.94. The van der Waals surface area contributed by atoms with E-state index in [1.807, 2.05) is 6.07 Å². The van der Waals surface area contributed by atoms with Gasteiger partial charge in [-0.25, -0.2) is 4.39 Å². The van der Waals surface area contributed by atoms with Gasteiger partial charge in [0.05, 0.1) is 0 Å². The van der Waals surface area contributed by atoms with E-state index in [0.29, 0.717) is 17.6 Å². The van der Waals surface area contributed by atoms with Crippen molar-refractivity contribution in [2.45, 2.75) is 57.7 Å². The van der Waals surface area contributed by atoms with Crippen molar-refractivity contribution in [1.29, 1.82) is 0 Å². The quantitative estimate of drug-likeness (QED) is 0.882. The topological polar surface area (TPSA) is 29.3 Å². The molecule has 0 radical (unpaired) electrons. The molecule has 0 aromatic heterocycles. The third-order valence-corrected chi connectivity index (χ3v) is 4.43. The highest BCUT2D eigenvalue weighted by molar-refractivity contribution is 5.20. The summed E-state index contributed by atoms with van der Waals surface area (Å²) in [6.45, 7) is 5.49. The number of rotatable bonds is 5. The van der Waals surface area contributed by atoms with Crippen LogP contribution in [0.2, 0.25) is 0 Å². The lowest BCUT2D eigenvalue weighted by Gasteiger charge is -2.28. The van der Waals surface area contributed by atoms with Gasteiger partial charge in [0.1, 0.15) is 5.82 Å². The predicted molar refractivity (Wildman–Crippen MR) is 77.4 cm³/mol. The second-order valence-corrected chi connectivity index (χ2v) is 5.64. The van der Waals surface area contributed by atoms with E-state index in [9.17, 15) is 4.39 Å². The number of halogens is 1. The first-order valence-electron chi connectivity index (χ1n) is 7.39. The molecule has 1 aromatic rings. The average Bonchev–Trinajstić information content (AvgIpc) is 2.77. The highest BCUT2D eigenvalue weighted by Gasteiger charge is 2.29. The van der Waals surface area contributed by atoms with Gasteiger partial charge in [0, 0.05) is 30.2 Å². The fourth-order valence-corrected chi connectivity index (χ4v) is 3.19. The normalized spacial score (nSPS) is 25.7. The number of nitrogens with two attached hydrogens (primary N) is 1. The lowest BCUT2D eigenvalue weighted by molar-refractivity contribution is 0.191. The van der Waals surface area contributed by atoms with Gasteiger partial charge in [-0.2, -0.15) is 0 Å². The van der Waals surface area contributed by atoms with E-state index >= 15 is 0 Å². The molecule has 106 valence electrons. The zero-order valence-corrected chi connectivity index (χ0v) is 12.0. The molecule has 2 nitrogen and oxygen atoms in total. The van der Waals surface area contributed by atoms with Crippen molar-refractivity contribution in [3.8, 4) is 0 Å². The molecule has 0 bridgehead atoms. The summed E-state index contributed by atoms with van der Waals surface area (Å²) in [5, 5.41) is 0. The smallest absolute Gasteiger partial charge is 0.127 e. The summed E-state index contributed by atoms with van der Waals surface area (Å²) in [5.74, 6) is -0.184. The summed E-state index contributed by atoms with van der Waals surface area (Å²) in [6, 6.07) is 7.96. The van der Waals surface area contributed by atoms with Gasteiger partial charge in [0.2, 0.25) is 0 Å². The summed E-state index contributed by atoms with van der Waals surface area (Å²) in [5.41, 5.74) is 6.78. The molecule has 1 heterocycles. The summed E-state index contributed by atoms with van der Waals surface area (Å²) in [7, 11) is 0. The van der Waals surface area contributed by atoms with Gasteiger partial charge in [-0.3, -0.25) is 4.90 Å². The first-order valence-corrected chi connectivity index (χ1v) is 7.39. The van der Waals surface area contributed by atoms with Crippen LogP contribution in [-0.2, 0) is 0 Å². The van der Waals surface area contributed by atoms with Crippen molar-refractivity contribution >= 4 is 0 Å². The molecule has 1 aromatic carbocycles. The second-order valence-electron chi connectivity index (χ2n) is 5.64. The maximum absolute atomic E-state index is 13.7. The van der Waals surface area contributed by atoms with Gasteiger partial charge in [-0.05, 0) is 38.7 Å². The van der Waals surface area contributed by atoms with Gasteiger partial charge in [0.25, 0.3) is 0 Å². The minimum absolute atomic E-state index is 0.184. The third kappa shape index (κ3) is 3.34. The molecule has 2 N–H and O–H groups in total. The van der Waals surface area contributed by atoms with Gasteiger partial charge in [-0.1, -0.05) is 25.1 Å². The first kappa shape index (κ1) is 14.5. The van der Waals surface area contributed by atoms with Crippen LogP contribution in [0.3, 0.4) is 0 Å². The van der Waals surface area contributed by atoms with E-state index in [1.54, 1.807) is 12.1 Å². The van der Waals surface area contributed by atoms with Crippen LogP contribution in [0.4, 0.5) is 4.39 Å². The summed E-state index contributed by atoms with van der Waals surface area (Å²) < 4.78 is 13.7. The van der Waals surface area contributed by atoms with Gasteiger partial charge >= 0.3 is 0 Å². The largest absolute Gasteiger partial charge is 0.324 e. The monoisotopic (exact) mass is 264 g/mol. The Labute approximate surface area is 115 Å². The van der Waals surface area contributed by atoms with E-state index in [2.05, 4.69) is 18.7 Å². The van der Waals surface area contributed by atoms with Crippen LogP contribution >= 0.6 is 0 Å². The Morgan fingerprint density at radius 3 is 2.79 bits per heavy atom. The molecule has 1 aliphatic heterocycles. The Hall–Kier alpha value is -0.930. The molecule has 0 spiro atoms. The van der Waals surface area contributed by atoms with Crippen molar-refractivity contribution in [2.75, 3.05) is 6.54 Å². The van der Waals surface area contributed by atoms with Crippen LogP contribution in [0.1, 0.15) is 51.1 Å². The van der Waals surface area contributed by atoms with Crippen LogP contribution in [0.15, 0.2) is 24.3 Å². The summed E-state index contributed by atoms with van der Waals surface area (Å²) >= 11 is 0. The SMILES string of the molecule is CCC1CCC(C)N1CCC(N)c1ccccc1F. The maximum Gasteiger partial charge on any atom is 0.127 e. The molecule has 19 heavy (non-hydrogen) atoms. The third-order valence-electron chi connectivity index (χ3n) is 4.43. The zero-order valence-electron chi connectivity index (χ0n) is 12.0. The standard InChI is InChI=1S/C16H25FN2/c1-3-13-9-8-12(2)19(13)11-10-16(18)14-6-4-5-7-15(14)17/h4-7,12-13,16H,3,8-11,18H2,1-2H3. The highest BCUT2D eigenvalue weighted by Crippen LogP contribution is 2.27. The van der Waals surface area contributed by atoms with Crippen LogP contribution in [0.25, 0.3) is 0 Å². The van der Waals surface area contributed by atoms with E-state index in [1.165, 1.54) is 25.3 Å². The number of benzene rings is 1. The fraction of sp³-hybridized carbons (Fsp3) is 0.625. The number of hydrogen-bond donors (Lipinski definition) is 1. The van der Waals surface area contributed by atoms with Crippen molar-refractivity contribution in [1.82, 2.24) is 4.90 Å². The second kappa shape index (κ2) is 6.49. The van der Waals surface area contributed by atoms with Gasteiger partial charge in [0.15, 0.2) is 0 Å². The molecule has 3 atom stereocenters. The van der Waals surface area contributed by atoms with E-state index in [0.717, 1.165) is 13.0 Å². The molecule has 3 heteroatoms. The highest BCUT2D eigenvalue weighted by atomic mass is 19.1. The molecule has 0 saturated carbocycles. The number of likely N-dealkylation sites (tertiary alicyclic amines) is 1. The van der Waals surface area contributed by atoms with Crippen molar-refractivity contribution < 1.29 is 4.39 Å². The Morgan fingerprint density at radius 1 is 1.37 bits per heavy atom. The molecule has 1 saturated heterocycles. The summed E-state index contributed by atoms with van der Waals surface area (Å²) in [4.78, 5) is 2.54. The Bertz CT molecular complexity index is 407. The molecular weight excluding hydrogens is 239 g/mol. The molecule has 1 aliphatic rings. The van der Waals surface area contributed by atoms with Crippen LogP contribution in [0.5, 0.6) is 0 Å². The molecule has 2 rings (SSSR count). The number of hydrogen-bond acceptors (Lipinski definition) is 2. The minimum Gasteiger partial charge on any atom is -0.324 e. The zero-order chi connectivity index (χ0) is 13.8. The van der Waals surface area contributed by atoms with Crippen molar-refractivity contribution in [2.24, 2.45) is 5.73 Å². The van der Waals surface area contributed by atoms with Gasteiger partial charge in [-0.15, -0.1) is 0 Å². The fourth-order valence-electron chi connectivity index (χ4n) is 3.19. The van der Waals surface area contributed by atoms with Crippen LogP contribution in [0, 0.1) is 5.82 Å². The van der Waals surface area contributed by atoms with E-state index < -0.39 is 0 Å².